The van der Waals surface area contributed by atoms with Crippen LogP contribution in [0.25, 0.3) is 0 Å². The predicted octanol–water partition coefficient (Wildman–Crippen LogP) is 8.72. The number of rotatable bonds is 10. The third-order valence-electron chi connectivity index (χ3n) is 8.43. The average Bonchev–Trinajstić information content (AvgIpc) is 2.78. The normalized spacial score (nSPS) is 28.9. The summed E-state index contributed by atoms with van der Waals surface area (Å²) in [4.78, 5) is 4.85. The molecule has 3 rings (SSSR count). The Morgan fingerprint density at radius 1 is 0.828 bits per heavy atom. The standard InChI is InChI=1S/C28H47N/c1-4-6-8-10-23-11-14-26(15-12-23)27-18-16-25(17-19-27)22(3)28-20-13-24(21-29-28)9-7-5-2/h13,20-23,25-27H,4-12,14-19H2,1-3H3. The molecule has 0 bridgehead atoms. The molecule has 164 valence electrons. The number of unbranched alkanes of at least 4 members (excludes halogenated alkanes) is 3. The average molecular weight is 398 g/mol. The Balaban J connectivity index is 1.40. The Bertz CT molecular complexity index is 546. The molecule has 1 heterocycles. The van der Waals surface area contributed by atoms with Crippen molar-refractivity contribution in [1.82, 2.24) is 4.98 Å². The summed E-state index contributed by atoms with van der Waals surface area (Å²) in [6.45, 7) is 7.02. The summed E-state index contributed by atoms with van der Waals surface area (Å²) in [5.74, 6) is 4.61. The number of hydrogen-bond donors (Lipinski definition) is 0. The number of aryl methyl sites for hydroxylation is 1. The first kappa shape index (κ1) is 22.8. The van der Waals surface area contributed by atoms with Crippen LogP contribution in [0.5, 0.6) is 0 Å². The van der Waals surface area contributed by atoms with Crippen molar-refractivity contribution in [3.8, 4) is 0 Å². The minimum absolute atomic E-state index is 0.630. The summed E-state index contributed by atoms with van der Waals surface area (Å²) in [6.07, 6.45) is 23.6. The maximum atomic E-state index is 4.85. The van der Waals surface area contributed by atoms with Crippen LogP contribution in [0.3, 0.4) is 0 Å². The molecular formula is C28H47N. The molecule has 2 saturated carbocycles. The van der Waals surface area contributed by atoms with Gasteiger partial charge in [0.1, 0.15) is 0 Å². The van der Waals surface area contributed by atoms with Crippen molar-refractivity contribution in [2.75, 3.05) is 0 Å². The highest BCUT2D eigenvalue weighted by Gasteiger charge is 2.32. The van der Waals surface area contributed by atoms with Gasteiger partial charge in [-0.05, 0) is 86.7 Å². The summed E-state index contributed by atoms with van der Waals surface area (Å²) in [5.41, 5.74) is 2.75. The Hall–Kier alpha value is -0.850. The largest absolute Gasteiger partial charge is 0.261 e. The molecule has 2 fully saturated rings. The molecule has 0 spiro atoms. The van der Waals surface area contributed by atoms with Gasteiger partial charge in [-0.3, -0.25) is 4.98 Å². The van der Waals surface area contributed by atoms with Gasteiger partial charge in [0.2, 0.25) is 0 Å². The van der Waals surface area contributed by atoms with E-state index in [0.29, 0.717) is 5.92 Å². The van der Waals surface area contributed by atoms with Crippen molar-refractivity contribution < 1.29 is 0 Å². The third-order valence-corrected chi connectivity index (χ3v) is 8.43. The van der Waals surface area contributed by atoms with E-state index < -0.39 is 0 Å². The van der Waals surface area contributed by atoms with E-state index in [9.17, 15) is 0 Å². The van der Waals surface area contributed by atoms with Gasteiger partial charge in [-0.2, -0.15) is 0 Å². The van der Waals surface area contributed by atoms with Crippen molar-refractivity contribution in [3.05, 3.63) is 29.6 Å². The second-order valence-corrected chi connectivity index (χ2v) is 10.4. The molecule has 2 aliphatic carbocycles. The van der Waals surface area contributed by atoms with Gasteiger partial charge < -0.3 is 0 Å². The van der Waals surface area contributed by atoms with E-state index in [1.165, 1.54) is 108 Å². The highest BCUT2D eigenvalue weighted by molar-refractivity contribution is 5.17. The molecule has 1 aromatic rings. The van der Waals surface area contributed by atoms with E-state index in [0.717, 1.165) is 23.7 Å². The molecular weight excluding hydrogens is 350 g/mol. The molecule has 1 nitrogen and oxygen atoms in total. The van der Waals surface area contributed by atoms with Crippen LogP contribution < -0.4 is 0 Å². The van der Waals surface area contributed by atoms with E-state index in [-0.39, 0.29) is 0 Å². The third kappa shape index (κ3) is 6.83. The van der Waals surface area contributed by atoms with Crippen molar-refractivity contribution in [1.29, 1.82) is 0 Å². The summed E-state index contributed by atoms with van der Waals surface area (Å²) in [7, 11) is 0. The highest BCUT2D eigenvalue weighted by atomic mass is 14.7. The number of hydrogen-bond acceptors (Lipinski definition) is 1. The first-order chi connectivity index (χ1) is 14.2. The fourth-order valence-corrected chi connectivity index (χ4v) is 6.22. The second kappa shape index (κ2) is 12.1. The summed E-state index contributed by atoms with van der Waals surface area (Å²) >= 11 is 0. The summed E-state index contributed by atoms with van der Waals surface area (Å²) in [6, 6.07) is 4.65. The minimum Gasteiger partial charge on any atom is -0.261 e. The first-order valence-corrected chi connectivity index (χ1v) is 13.2. The van der Waals surface area contributed by atoms with Crippen molar-refractivity contribution in [2.45, 2.75) is 123 Å². The van der Waals surface area contributed by atoms with Crippen molar-refractivity contribution in [3.63, 3.8) is 0 Å². The molecule has 0 aliphatic heterocycles. The molecule has 1 aromatic heterocycles. The maximum absolute atomic E-state index is 4.85. The molecule has 29 heavy (non-hydrogen) atoms. The minimum atomic E-state index is 0.630. The Labute approximate surface area is 181 Å². The van der Waals surface area contributed by atoms with Crippen LogP contribution in [0.4, 0.5) is 0 Å². The molecule has 0 amide bonds. The van der Waals surface area contributed by atoms with E-state index in [2.05, 4.69) is 39.1 Å². The van der Waals surface area contributed by atoms with Crippen molar-refractivity contribution in [2.24, 2.45) is 23.7 Å². The molecule has 1 atom stereocenters. The maximum Gasteiger partial charge on any atom is 0.0434 e. The van der Waals surface area contributed by atoms with Gasteiger partial charge >= 0.3 is 0 Å². The van der Waals surface area contributed by atoms with Crippen LogP contribution in [0.2, 0.25) is 0 Å². The lowest BCUT2D eigenvalue weighted by atomic mass is 9.67. The fourth-order valence-electron chi connectivity index (χ4n) is 6.22. The zero-order valence-corrected chi connectivity index (χ0v) is 19.7. The molecule has 1 heteroatoms. The number of nitrogens with zero attached hydrogens (tertiary/aromatic N) is 1. The Morgan fingerprint density at radius 2 is 1.48 bits per heavy atom. The van der Waals surface area contributed by atoms with E-state index in [1.807, 2.05) is 0 Å². The van der Waals surface area contributed by atoms with E-state index >= 15 is 0 Å². The zero-order chi connectivity index (χ0) is 20.5. The molecule has 0 aromatic carbocycles. The quantitative estimate of drug-likeness (QED) is 0.360. The van der Waals surface area contributed by atoms with Crippen molar-refractivity contribution >= 4 is 0 Å². The zero-order valence-electron chi connectivity index (χ0n) is 19.7. The van der Waals surface area contributed by atoms with Gasteiger partial charge in [0.25, 0.3) is 0 Å². The molecule has 0 N–H and O–H groups in total. The van der Waals surface area contributed by atoms with Crippen LogP contribution in [-0.4, -0.2) is 4.98 Å². The van der Waals surface area contributed by atoms with Gasteiger partial charge in [-0.25, -0.2) is 0 Å². The summed E-state index contributed by atoms with van der Waals surface area (Å²) < 4.78 is 0. The topological polar surface area (TPSA) is 12.9 Å². The molecule has 2 aliphatic rings. The Kier molecular flexibility index (Phi) is 9.53. The van der Waals surface area contributed by atoms with Crippen LogP contribution in [0, 0.1) is 23.7 Å². The lowest BCUT2D eigenvalue weighted by Crippen LogP contribution is -2.27. The lowest BCUT2D eigenvalue weighted by molar-refractivity contribution is 0.136. The monoisotopic (exact) mass is 397 g/mol. The second-order valence-electron chi connectivity index (χ2n) is 10.4. The van der Waals surface area contributed by atoms with Crippen LogP contribution >= 0.6 is 0 Å². The summed E-state index contributed by atoms with van der Waals surface area (Å²) in [5, 5.41) is 0. The lowest BCUT2D eigenvalue weighted by Gasteiger charge is -2.39. The number of aromatic nitrogens is 1. The van der Waals surface area contributed by atoms with Crippen LogP contribution in [0.1, 0.15) is 128 Å². The van der Waals surface area contributed by atoms with Gasteiger partial charge in [0, 0.05) is 17.8 Å². The van der Waals surface area contributed by atoms with Crippen LogP contribution in [0.15, 0.2) is 18.3 Å². The van der Waals surface area contributed by atoms with E-state index in [1.54, 1.807) is 0 Å². The van der Waals surface area contributed by atoms with E-state index in [4.69, 9.17) is 4.98 Å². The smallest absolute Gasteiger partial charge is 0.0434 e. The molecule has 0 radical (unpaired) electrons. The Morgan fingerprint density at radius 3 is 2.07 bits per heavy atom. The predicted molar refractivity (Wildman–Crippen MR) is 126 cm³/mol. The molecule has 0 saturated heterocycles. The highest BCUT2D eigenvalue weighted by Crippen LogP contribution is 2.45. The fraction of sp³-hybridized carbons (Fsp3) is 0.821. The van der Waals surface area contributed by atoms with Gasteiger partial charge in [-0.15, -0.1) is 0 Å². The number of pyridine rings is 1. The van der Waals surface area contributed by atoms with Gasteiger partial charge in [0.15, 0.2) is 0 Å². The molecule has 1 unspecified atom stereocenters. The van der Waals surface area contributed by atoms with Gasteiger partial charge in [0.05, 0.1) is 0 Å². The van der Waals surface area contributed by atoms with Gasteiger partial charge in [-0.1, -0.05) is 71.8 Å². The SMILES string of the molecule is CCCCCC1CCC(C2CCC(C(C)c3ccc(CCCC)cn3)CC2)CC1. The first-order valence-electron chi connectivity index (χ1n) is 13.2. The van der Waals surface area contributed by atoms with Crippen LogP contribution in [-0.2, 0) is 6.42 Å².